The number of nitrogens with zero attached hydrogens (tertiary/aromatic N) is 1. The molecular formula is C24H17NO2. The average Bonchev–Trinajstić information content (AvgIpc) is 3.16. The first kappa shape index (κ1) is 16.7. The van der Waals surface area contributed by atoms with Crippen molar-refractivity contribution in [1.82, 2.24) is 4.98 Å². The first-order valence-corrected chi connectivity index (χ1v) is 8.70. The van der Waals surface area contributed by atoms with Crippen molar-refractivity contribution in [3.63, 3.8) is 0 Å². The second kappa shape index (κ2) is 7.67. The average molecular weight is 351 g/mol. The third-order valence-corrected chi connectivity index (χ3v) is 4.16. The largest absolute Gasteiger partial charge is 0.436 e. The summed E-state index contributed by atoms with van der Waals surface area (Å²) in [5.41, 5.74) is 3.46. The van der Waals surface area contributed by atoms with Crippen molar-refractivity contribution in [3.8, 4) is 0 Å². The number of benzene rings is 3. The highest BCUT2D eigenvalue weighted by molar-refractivity contribution is 6.28. The molecule has 27 heavy (non-hydrogen) atoms. The fourth-order valence-electron chi connectivity index (χ4n) is 2.80. The molecular weight excluding hydrogens is 334 g/mol. The molecule has 4 rings (SSSR count). The Kier molecular flexibility index (Phi) is 4.75. The van der Waals surface area contributed by atoms with Gasteiger partial charge in [-0.3, -0.25) is 4.79 Å². The molecule has 0 bridgehead atoms. The molecule has 3 heteroatoms. The second-order valence-corrected chi connectivity index (χ2v) is 6.03. The van der Waals surface area contributed by atoms with Crippen LogP contribution >= 0.6 is 0 Å². The summed E-state index contributed by atoms with van der Waals surface area (Å²) in [4.78, 5) is 17.6. The van der Waals surface area contributed by atoms with E-state index in [1.807, 2.05) is 84.9 Å². The highest BCUT2D eigenvalue weighted by Crippen LogP contribution is 2.24. The minimum absolute atomic E-state index is 0.125. The summed E-state index contributed by atoms with van der Waals surface area (Å²) in [6, 6.07) is 26.6. The van der Waals surface area contributed by atoms with Crippen LogP contribution in [0.4, 0.5) is 0 Å². The van der Waals surface area contributed by atoms with Gasteiger partial charge >= 0.3 is 0 Å². The topological polar surface area (TPSA) is 43.1 Å². The molecule has 0 aliphatic rings. The maximum absolute atomic E-state index is 13.1. The molecule has 0 N–H and O–H groups in total. The maximum atomic E-state index is 13.1. The molecule has 1 aromatic heterocycles. The fourth-order valence-corrected chi connectivity index (χ4v) is 2.80. The zero-order valence-corrected chi connectivity index (χ0v) is 14.6. The molecule has 3 nitrogen and oxygen atoms in total. The van der Waals surface area contributed by atoms with Crippen molar-refractivity contribution in [2.75, 3.05) is 0 Å². The number of allylic oxidation sites excluding steroid dienone is 3. The van der Waals surface area contributed by atoms with E-state index in [1.54, 1.807) is 18.2 Å². The third-order valence-electron chi connectivity index (χ3n) is 4.16. The molecule has 0 saturated carbocycles. The number of carbonyl (C=O) groups excluding carboxylic acids is 1. The molecule has 0 fully saturated rings. The van der Waals surface area contributed by atoms with Gasteiger partial charge in [-0.15, -0.1) is 0 Å². The normalized spacial score (nSPS) is 11.9. The Bertz CT molecular complexity index is 1090. The van der Waals surface area contributed by atoms with E-state index in [-0.39, 0.29) is 5.78 Å². The van der Waals surface area contributed by atoms with Gasteiger partial charge in [0.15, 0.2) is 11.4 Å². The smallest absolute Gasteiger partial charge is 0.231 e. The quantitative estimate of drug-likeness (QED) is 0.259. The Morgan fingerprint density at radius 3 is 2.22 bits per heavy atom. The lowest BCUT2D eigenvalue weighted by atomic mass is 10.0. The Balaban J connectivity index is 1.76. The number of ketones is 1. The predicted molar refractivity (Wildman–Crippen MR) is 108 cm³/mol. The van der Waals surface area contributed by atoms with E-state index in [0.717, 1.165) is 11.1 Å². The van der Waals surface area contributed by atoms with Crippen LogP contribution in [0.15, 0.2) is 101 Å². The van der Waals surface area contributed by atoms with Gasteiger partial charge < -0.3 is 4.42 Å². The fraction of sp³-hybridized carbons (Fsp3) is 0. The molecule has 1 heterocycles. The number of Topliss-reactive ketones (excluding diaryl/α,β-unsaturated/α-hetero) is 1. The number of para-hydroxylation sites is 2. The molecule has 130 valence electrons. The predicted octanol–water partition coefficient (Wildman–Crippen LogP) is 5.81. The van der Waals surface area contributed by atoms with Gasteiger partial charge in [0.25, 0.3) is 0 Å². The summed E-state index contributed by atoms with van der Waals surface area (Å²) in [5.74, 6) is 0.197. The van der Waals surface area contributed by atoms with Crippen molar-refractivity contribution in [2.24, 2.45) is 0 Å². The highest BCUT2D eigenvalue weighted by atomic mass is 16.3. The van der Waals surface area contributed by atoms with Crippen LogP contribution in [-0.2, 0) is 0 Å². The van der Waals surface area contributed by atoms with Gasteiger partial charge in [-0.1, -0.05) is 84.9 Å². The van der Waals surface area contributed by atoms with Gasteiger partial charge in [0.1, 0.15) is 5.52 Å². The Morgan fingerprint density at radius 1 is 0.815 bits per heavy atom. The summed E-state index contributed by atoms with van der Waals surface area (Å²) < 4.78 is 5.84. The Labute approximate surface area is 157 Å². The van der Waals surface area contributed by atoms with Crippen molar-refractivity contribution < 1.29 is 9.21 Å². The molecule has 4 aromatic rings. The van der Waals surface area contributed by atoms with Crippen molar-refractivity contribution in [1.29, 1.82) is 0 Å². The standard InChI is InChI=1S/C24H17NO2/c26-23(19-13-5-2-6-14-19)20(15-9-12-18-10-3-1-4-11-18)24-25-21-16-7-8-17-22(21)27-24/h1-17H/b12-9+,20-15+. The van der Waals surface area contributed by atoms with E-state index in [9.17, 15) is 4.79 Å². The summed E-state index contributed by atoms with van der Waals surface area (Å²) >= 11 is 0. The van der Waals surface area contributed by atoms with Crippen molar-refractivity contribution in [2.45, 2.75) is 0 Å². The van der Waals surface area contributed by atoms with Crippen molar-refractivity contribution >= 4 is 28.5 Å². The number of rotatable bonds is 5. The summed E-state index contributed by atoms with van der Waals surface area (Å²) in [6.07, 6.45) is 5.55. The number of aromatic nitrogens is 1. The van der Waals surface area contributed by atoms with E-state index in [2.05, 4.69) is 4.98 Å². The van der Waals surface area contributed by atoms with E-state index in [4.69, 9.17) is 4.42 Å². The van der Waals surface area contributed by atoms with Crippen LogP contribution < -0.4 is 0 Å². The van der Waals surface area contributed by atoms with Crippen LogP contribution in [0, 0.1) is 0 Å². The number of hydrogen-bond acceptors (Lipinski definition) is 3. The third kappa shape index (κ3) is 3.77. The lowest BCUT2D eigenvalue weighted by Gasteiger charge is -2.02. The minimum atomic E-state index is -0.125. The molecule has 0 aliphatic carbocycles. The highest BCUT2D eigenvalue weighted by Gasteiger charge is 2.19. The van der Waals surface area contributed by atoms with E-state index in [0.29, 0.717) is 22.6 Å². The van der Waals surface area contributed by atoms with E-state index in [1.165, 1.54) is 0 Å². The number of carbonyl (C=O) groups is 1. The van der Waals surface area contributed by atoms with Crippen LogP contribution in [0.3, 0.4) is 0 Å². The van der Waals surface area contributed by atoms with Gasteiger partial charge in [0.05, 0.1) is 5.57 Å². The number of hydrogen-bond donors (Lipinski definition) is 0. The molecule has 0 saturated heterocycles. The minimum Gasteiger partial charge on any atom is -0.436 e. The first-order chi connectivity index (χ1) is 13.3. The first-order valence-electron chi connectivity index (χ1n) is 8.70. The van der Waals surface area contributed by atoms with Crippen LogP contribution in [0.1, 0.15) is 21.8 Å². The van der Waals surface area contributed by atoms with E-state index < -0.39 is 0 Å². The van der Waals surface area contributed by atoms with Gasteiger partial charge in [-0.25, -0.2) is 4.98 Å². The van der Waals surface area contributed by atoms with Crippen LogP contribution in [0.5, 0.6) is 0 Å². The molecule has 0 unspecified atom stereocenters. The molecule has 0 spiro atoms. The monoisotopic (exact) mass is 351 g/mol. The van der Waals surface area contributed by atoms with Crippen LogP contribution in [0.25, 0.3) is 22.7 Å². The van der Waals surface area contributed by atoms with Gasteiger partial charge in [0.2, 0.25) is 5.89 Å². The molecule has 0 aliphatic heterocycles. The zero-order valence-electron chi connectivity index (χ0n) is 14.6. The number of oxazole rings is 1. The molecule has 0 atom stereocenters. The van der Waals surface area contributed by atoms with Crippen molar-refractivity contribution in [3.05, 3.63) is 114 Å². The van der Waals surface area contributed by atoms with Crippen LogP contribution in [0.2, 0.25) is 0 Å². The van der Waals surface area contributed by atoms with Crippen LogP contribution in [-0.4, -0.2) is 10.8 Å². The van der Waals surface area contributed by atoms with Gasteiger partial charge in [0, 0.05) is 5.56 Å². The van der Waals surface area contributed by atoms with Gasteiger partial charge in [-0.2, -0.15) is 0 Å². The Hall–Kier alpha value is -3.72. The molecule has 0 amide bonds. The molecule has 0 radical (unpaired) electrons. The van der Waals surface area contributed by atoms with Gasteiger partial charge in [-0.05, 0) is 23.8 Å². The number of fused-ring (bicyclic) bond motifs is 1. The summed E-state index contributed by atoms with van der Waals surface area (Å²) in [7, 11) is 0. The zero-order chi connectivity index (χ0) is 18.5. The second-order valence-electron chi connectivity index (χ2n) is 6.03. The summed E-state index contributed by atoms with van der Waals surface area (Å²) in [5, 5.41) is 0. The Morgan fingerprint density at radius 2 is 1.48 bits per heavy atom. The maximum Gasteiger partial charge on any atom is 0.231 e. The molecule has 3 aromatic carbocycles. The summed E-state index contributed by atoms with van der Waals surface area (Å²) in [6.45, 7) is 0. The lowest BCUT2D eigenvalue weighted by Crippen LogP contribution is -2.02. The lowest BCUT2D eigenvalue weighted by molar-refractivity contribution is 0.105. The SMILES string of the molecule is O=C(/C(=C\C=C\c1ccccc1)c1nc2ccccc2o1)c1ccccc1. The van der Waals surface area contributed by atoms with E-state index >= 15 is 0 Å².